The summed E-state index contributed by atoms with van der Waals surface area (Å²) in [7, 11) is 0. The van der Waals surface area contributed by atoms with Crippen molar-refractivity contribution in [2.24, 2.45) is 0 Å². The number of thiophene rings is 1. The molecule has 6 heteroatoms. The second-order valence-corrected chi connectivity index (χ2v) is 6.24. The van der Waals surface area contributed by atoms with Crippen molar-refractivity contribution in [2.45, 2.75) is 6.92 Å². The van der Waals surface area contributed by atoms with Gasteiger partial charge in [0.2, 0.25) is 0 Å². The summed E-state index contributed by atoms with van der Waals surface area (Å²) in [5.41, 5.74) is 1.62. The van der Waals surface area contributed by atoms with Crippen molar-refractivity contribution < 1.29 is 4.79 Å². The van der Waals surface area contributed by atoms with Gasteiger partial charge in [-0.05, 0) is 43.3 Å². The highest BCUT2D eigenvalue weighted by molar-refractivity contribution is 7.14. The van der Waals surface area contributed by atoms with E-state index in [1.54, 1.807) is 17.1 Å². The summed E-state index contributed by atoms with van der Waals surface area (Å²) in [5, 5.41) is 7.58. The second kappa shape index (κ2) is 5.71. The van der Waals surface area contributed by atoms with Crippen LogP contribution in [0, 0.1) is 6.92 Å². The number of aromatic nitrogens is 2. The zero-order valence-electron chi connectivity index (χ0n) is 11.2. The van der Waals surface area contributed by atoms with Gasteiger partial charge in [0.25, 0.3) is 5.91 Å². The van der Waals surface area contributed by atoms with E-state index >= 15 is 0 Å². The SMILES string of the molecule is Cc1ccc(C(=O)Nc2ccc(-n3cc(Cl)cn3)cc2)s1. The van der Waals surface area contributed by atoms with Crippen LogP contribution in [0.4, 0.5) is 5.69 Å². The van der Waals surface area contributed by atoms with Crippen molar-refractivity contribution in [2.75, 3.05) is 5.32 Å². The monoisotopic (exact) mass is 317 g/mol. The standard InChI is InChI=1S/C15H12ClN3OS/c1-10-2-7-14(21-10)15(20)18-12-3-5-13(6-4-12)19-9-11(16)8-17-19/h2-9H,1H3,(H,18,20). The molecule has 0 spiro atoms. The smallest absolute Gasteiger partial charge is 0.265 e. The topological polar surface area (TPSA) is 46.9 Å². The summed E-state index contributed by atoms with van der Waals surface area (Å²) in [6.07, 6.45) is 3.31. The van der Waals surface area contributed by atoms with E-state index in [0.29, 0.717) is 9.90 Å². The quantitative estimate of drug-likeness (QED) is 0.789. The Kier molecular flexibility index (Phi) is 3.77. The van der Waals surface area contributed by atoms with Crippen molar-refractivity contribution in [3.8, 4) is 5.69 Å². The molecule has 2 heterocycles. The largest absolute Gasteiger partial charge is 0.321 e. The number of rotatable bonds is 3. The van der Waals surface area contributed by atoms with Crippen LogP contribution in [0.1, 0.15) is 14.5 Å². The highest BCUT2D eigenvalue weighted by Gasteiger charge is 2.08. The van der Waals surface area contributed by atoms with E-state index in [9.17, 15) is 4.79 Å². The fourth-order valence-electron chi connectivity index (χ4n) is 1.89. The molecule has 0 saturated carbocycles. The van der Waals surface area contributed by atoms with Crippen molar-refractivity contribution in [3.05, 3.63) is 63.6 Å². The molecule has 0 radical (unpaired) electrons. The van der Waals surface area contributed by atoms with Crippen LogP contribution in [0.2, 0.25) is 5.02 Å². The zero-order valence-corrected chi connectivity index (χ0v) is 12.8. The number of hydrogen-bond donors (Lipinski definition) is 1. The molecule has 0 fully saturated rings. The van der Waals surface area contributed by atoms with Crippen molar-refractivity contribution in [1.29, 1.82) is 0 Å². The molecule has 0 atom stereocenters. The maximum Gasteiger partial charge on any atom is 0.265 e. The molecule has 0 bridgehead atoms. The van der Waals surface area contributed by atoms with E-state index < -0.39 is 0 Å². The Hall–Kier alpha value is -2.11. The number of hydrogen-bond acceptors (Lipinski definition) is 3. The average molecular weight is 318 g/mol. The van der Waals surface area contributed by atoms with E-state index in [-0.39, 0.29) is 5.91 Å². The van der Waals surface area contributed by atoms with Gasteiger partial charge in [-0.2, -0.15) is 5.10 Å². The first-order valence-electron chi connectivity index (χ1n) is 6.30. The zero-order chi connectivity index (χ0) is 14.8. The lowest BCUT2D eigenvalue weighted by molar-refractivity contribution is 0.103. The Labute approximate surface area is 131 Å². The van der Waals surface area contributed by atoms with Gasteiger partial charge < -0.3 is 5.32 Å². The third-order valence-corrected chi connectivity index (χ3v) is 4.10. The van der Waals surface area contributed by atoms with Crippen LogP contribution in [0.15, 0.2) is 48.8 Å². The van der Waals surface area contributed by atoms with Gasteiger partial charge in [0, 0.05) is 16.8 Å². The Morgan fingerprint density at radius 2 is 2.00 bits per heavy atom. The van der Waals surface area contributed by atoms with E-state index in [0.717, 1.165) is 16.3 Å². The maximum absolute atomic E-state index is 12.0. The summed E-state index contributed by atoms with van der Waals surface area (Å²) >= 11 is 7.32. The molecule has 1 N–H and O–H groups in total. The third kappa shape index (κ3) is 3.15. The number of carbonyl (C=O) groups excluding carboxylic acids is 1. The Bertz CT molecular complexity index is 776. The van der Waals surface area contributed by atoms with Crippen LogP contribution >= 0.6 is 22.9 Å². The number of nitrogens with zero attached hydrogens (tertiary/aromatic N) is 2. The number of nitrogens with one attached hydrogen (secondary N) is 1. The highest BCUT2D eigenvalue weighted by Crippen LogP contribution is 2.19. The first-order chi connectivity index (χ1) is 10.1. The lowest BCUT2D eigenvalue weighted by Gasteiger charge is -2.05. The fraction of sp³-hybridized carbons (Fsp3) is 0.0667. The number of halogens is 1. The van der Waals surface area contributed by atoms with Gasteiger partial charge in [-0.1, -0.05) is 11.6 Å². The van der Waals surface area contributed by atoms with E-state index in [4.69, 9.17) is 11.6 Å². The molecule has 1 aromatic carbocycles. The number of anilines is 1. The summed E-state index contributed by atoms with van der Waals surface area (Å²) in [4.78, 5) is 13.9. The molecule has 3 rings (SSSR count). The van der Waals surface area contributed by atoms with Crippen molar-refractivity contribution >= 4 is 34.5 Å². The Balaban J connectivity index is 1.74. The third-order valence-electron chi connectivity index (χ3n) is 2.90. The molecule has 2 aromatic heterocycles. The van der Waals surface area contributed by atoms with Crippen LogP contribution in [-0.4, -0.2) is 15.7 Å². The normalized spacial score (nSPS) is 10.6. The summed E-state index contributed by atoms with van der Waals surface area (Å²) in [6, 6.07) is 11.2. The van der Waals surface area contributed by atoms with Gasteiger partial charge in [0.15, 0.2) is 0 Å². The maximum atomic E-state index is 12.0. The summed E-state index contributed by atoms with van der Waals surface area (Å²) < 4.78 is 1.68. The van der Waals surface area contributed by atoms with Crippen molar-refractivity contribution in [1.82, 2.24) is 9.78 Å². The van der Waals surface area contributed by atoms with E-state index in [1.165, 1.54) is 11.3 Å². The van der Waals surface area contributed by atoms with E-state index in [1.807, 2.05) is 43.3 Å². The predicted octanol–water partition coefficient (Wildman–Crippen LogP) is 4.15. The molecule has 0 aliphatic heterocycles. The number of aryl methyl sites for hydroxylation is 1. The molecule has 4 nitrogen and oxygen atoms in total. The Morgan fingerprint density at radius 3 is 2.57 bits per heavy atom. The Morgan fingerprint density at radius 1 is 1.24 bits per heavy atom. The minimum Gasteiger partial charge on any atom is -0.321 e. The first-order valence-corrected chi connectivity index (χ1v) is 7.50. The van der Waals surface area contributed by atoms with Gasteiger partial charge >= 0.3 is 0 Å². The summed E-state index contributed by atoms with van der Waals surface area (Å²) in [5.74, 6) is -0.0945. The molecule has 0 aliphatic rings. The molecule has 3 aromatic rings. The number of benzene rings is 1. The molecule has 1 amide bonds. The van der Waals surface area contributed by atoms with Crippen LogP contribution in [-0.2, 0) is 0 Å². The number of carbonyl (C=O) groups is 1. The minimum absolute atomic E-state index is 0.0945. The fourth-order valence-corrected chi connectivity index (χ4v) is 2.79. The lowest BCUT2D eigenvalue weighted by atomic mass is 10.2. The van der Waals surface area contributed by atoms with Gasteiger partial charge in [0.05, 0.1) is 21.8 Å². The van der Waals surface area contributed by atoms with Crippen LogP contribution in [0.25, 0.3) is 5.69 Å². The van der Waals surface area contributed by atoms with Crippen LogP contribution in [0.5, 0.6) is 0 Å². The van der Waals surface area contributed by atoms with Gasteiger partial charge in [0.1, 0.15) is 0 Å². The molecule has 0 unspecified atom stereocenters. The van der Waals surface area contributed by atoms with Gasteiger partial charge in [-0.3, -0.25) is 4.79 Å². The number of amides is 1. The lowest BCUT2D eigenvalue weighted by Crippen LogP contribution is -2.10. The van der Waals surface area contributed by atoms with Crippen LogP contribution in [0.3, 0.4) is 0 Å². The molecule has 0 saturated heterocycles. The second-order valence-electron chi connectivity index (χ2n) is 4.51. The van der Waals surface area contributed by atoms with Gasteiger partial charge in [-0.15, -0.1) is 11.3 Å². The van der Waals surface area contributed by atoms with Crippen LogP contribution < -0.4 is 5.32 Å². The van der Waals surface area contributed by atoms with Crippen molar-refractivity contribution in [3.63, 3.8) is 0 Å². The highest BCUT2D eigenvalue weighted by atomic mass is 35.5. The molecular formula is C15H12ClN3OS. The molecule has 21 heavy (non-hydrogen) atoms. The first kappa shape index (κ1) is 13.9. The van der Waals surface area contributed by atoms with E-state index in [2.05, 4.69) is 10.4 Å². The predicted molar refractivity (Wildman–Crippen MR) is 85.6 cm³/mol. The molecule has 0 aliphatic carbocycles. The molecule has 106 valence electrons. The minimum atomic E-state index is -0.0945. The molecular weight excluding hydrogens is 306 g/mol. The summed E-state index contributed by atoms with van der Waals surface area (Å²) in [6.45, 7) is 1.98. The average Bonchev–Trinajstić information content (AvgIpc) is 3.08. The van der Waals surface area contributed by atoms with Gasteiger partial charge in [-0.25, -0.2) is 4.68 Å².